The van der Waals surface area contributed by atoms with Crippen molar-refractivity contribution in [2.45, 2.75) is 38.3 Å². The average molecular weight is 247 g/mol. The molecule has 1 unspecified atom stereocenters. The van der Waals surface area contributed by atoms with Gasteiger partial charge in [-0.15, -0.1) is 0 Å². The van der Waals surface area contributed by atoms with Gasteiger partial charge in [0.05, 0.1) is 6.10 Å². The van der Waals surface area contributed by atoms with Crippen LogP contribution in [0.15, 0.2) is 12.3 Å². The van der Waals surface area contributed by atoms with Gasteiger partial charge in [-0.3, -0.25) is 0 Å². The van der Waals surface area contributed by atoms with Crippen molar-refractivity contribution >= 4 is 0 Å². The van der Waals surface area contributed by atoms with Crippen LogP contribution in [0, 0.1) is 11.3 Å². The summed E-state index contributed by atoms with van der Waals surface area (Å²) in [4.78, 5) is 0. The molecule has 1 aromatic heterocycles. The Kier molecular flexibility index (Phi) is 4.80. The molecule has 0 amide bonds. The summed E-state index contributed by atoms with van der Waals surface area (Å²) in [6.45, 7) is 2.72. The summed E-state index contributed by atoms with van der Waals surface area (Å²) < 4.78 is 7.55. The van der Waals surface area contributed by atoms with Crippen molar-refractivity contribution in [3.05, 3.63) is 23.5 Å². The molecular formula is C14H21N3O. The van der Waals surface area contributed by atoms with E-state index in [2.05, 4.69) is 11.4 Å². The molecule has 2 heterocycles. The SMILES string of the molecule is Cn1cc(CNCCC2CCCCO2)cc1C#N. The first kappa shape index (κ1) is 13.1. The largest absolute Gasteiger partial charge is 0.378 e. The summed E-state index contributed by atoms with van der Waals surface area (Å²) in [7, 11) is 1.90. The standard InChI is InChI=1S/C14H21N3O/c1-17-11-12(8-13(17)9-15)10-16-6-5-14-4-2-3-7-18-14/h8,11,14,16H,2-7,10H2,1H3. The summed E-state index contributed by atoms with van der Waals surface area (Å²) >= 11 is 0. The van der Waals surface area contributed by atoms with Crippen molar-refractivity contribution in [2.75, 3.05) is 13.2 Å². The first-order chi connectivity index (χ1) is 8.79. The fourth-order valence-electron chi connectivity index (χ4n) is 2.37. The summed E-state index contributed by atoms with van der Waals surface area (Å²) in [5.41, 5.74) is 1.88. The Morgan fingerprint density at radius 1 is 1.56 bits per heavy atom. The van der Waals surface area contributed by atoms with Crippen molar-refractivity contribution < 1.29 is 4.74 Å². The average Bonchev–Trinajstić information content (AvgIpc) is 2.76. The molecule has 1 fully saturated rings. The summed E-state index contributed by atoms with van der Waals surface area (Å²) in [5, 5.41) is 12.3. The fourth-order valence-corrected chi connectivity index (χ4v) is 2.37. The smallest absolute Gasteiger partial charge is 0.120 e. The van der Waals surface area contributed by atoms with Gasteiger partial charge in [-0.2, -0.15) is 5.26 Å². The second-order valence-electron chi connectivity index (χ2n) is 4.91. The Bertz CT molecular complexity index is 413. The number of nitrogens with one attached hydrogen (secondary N) is 1. The second kappa shape index (κ2) is 6.58. The zero-order valence-corrected chi connectivity index (χ0v) is 11.0. The van der Waals surface area contributed by atoms with E-state index < -0.39 is 0 Å². The van der Waals surface area contributed by atoms with Crippen molar-refractivity contribution in [3.8, 4) is 6.07 Å². The van der Waals surface area contributed by atoms with Gasteiger partial charge in [0.15, 0.2) is 0 Å². The molecule has 0 saturated carbocycles. The lowest BCUT2D eigenvalue weighted by Gasteiger charge is -2.22. The summed E-state index contributed by atoms with van der Waals surface area (Å²) in [5.74, 6) is 0. The van der Waals surface area contributed by atoms with Gasteiger partial charge in [0.2, 0.25) is 0 Å². The number of ether oxygens (including phenoxy) is 1. The van der Waals surface area contributed by atoms with Crippen molar-refractivity contribution in [1.29, 1.82) is 5.26 Å². The van der Waals surface area contributed by atoms with Crippen LogP contribution in [-0.2, 0) is 18.3 Å². The molecule has 0 spiro atoms. The normalized spacial score (nSPS) is 19.7. The number of aryl methyl sites for hydroxylation is 1. The van der Waals surface area contributed by atoms with Crippen LogP contribution in [0.2, 0.25) is 0 Å². The van der Waals surface area contributed by atoms with Crippen LogP contribution in [-0.4, -0.2) is 23.8 Å². The summed E-state index contributed by atoms with van der Waals surface area (Å²) in [6, 6.07) is 4.11. The van der Waals surface area contributed by atoms with E-state index in [0.29, 0.717) is 11.8 Å². The highest BCUT2D eigenvalue weighted by molar-refractivity contribution is 5.28. The molecule has 1 atom stereocenters. The number of rotatable bonds is 5. The van der Waals surface area contributed by atoms with Crippen LogP contribution in [0.1, 0.15) is 36.9 Å². The van der Waals surface area contributed by atoms with E-state index in [9.17, 15) is 0 Å². The molecule has 1 aromatic rings. The third kappa shape index (κ3) is 3.59. The number of hydrogen-bond donors (Lipinski definition) is 1. The minimum Gasteiger partial charge on any atom is -0.378 e. The van der Waals surface area contributed by atoms with E-state index in [1.165, 1.54) is 24.8 Å². The van der Waals surface area contributed by atoms with Crippen LogP contribution in [0.5, 0.6) is 0 Å². The Morgan fingerprint density at radius 2 is 2.44 bits per heavy atom. The Morgan fingerprint density at radius 3 is 3.11 bits per heavy atom. The van der Waals surface area contributed by atoms with Gasteiger partial charge in [-0.25, -0.2) is 0 Å². The topological polar surface area (TPSA) is 50.0 Å². The zero-order chi connectivity index (χ0) is 12.8. The Balaban J connectivity index is 1.67. The molecule has 2 rings (SSSR count). The molecule has 0 bridgehead atoms. The molecule has 1 aliphatic rings. The number of nitrogens with zero attached hydrogens (tertiary/aromatic N) is 2. The molecule has 0 radical (unpaired) electrons. The number of nitriles is 1. The van der Waals surface area contributed by atoms with Gasteiger partial charge in [0.25, 0.3) is 0 Å². The van der Waals surface area contributed by atoms with E-state index >= 15 is 0 Å². The third-order valence-corrected chi connectivity index (χ3v) is 3.42. The predicted molar refractivity (Wildman–Crippen MR) is 70.0 cm³/mol. The molecule has 4 nitrogen and oxygen atoms in total. The van der Waals surface area contributed by atoms with Gasteiger partial charge < -0.3 is 14.6 Å². The molecule has 98 valence electrons. The second-order valence-corrected chi connectivity index (χ2v) is 4.91. The molecule has 4 heteroatoms. The van der Waals surface area contributed by atoms with Gasteiger partial charge in [-0.05, 0) is 43.9 Å². The number of hydrogen-bond acceptors (Lipinski definition) is 3. The van der Waals surface area contributed by atoms with Crippen LogP contribution in [0.4, 0.5) is 0 Å². The monoisotopic (exact) mass is 247 g/mol. The molecule has 18 heavy (non-hydrogen) atoms. The van der Waals surface area contributed by atoms with Gasteiger partial charge in [0, 0.05) is 26.4 Å². The van der Waals surface area contributed by atoms with E-state index in [1.54, 1.807) is 0 Å². The van der Waals surface area contributed by atoms with E-state index in [-0.39, 0.29) is 0 Å². The third-order valence-electron chi connectivity index (χ3n) is 3.42. The van der Waals surface area contributed by atoms with Crippen molar-refractivity contribution in [3.63, 3.8) is 0 Å². The van der Waals surface area contributed by atoms with Gasteiger partial charge >= 0.3 is 0 Å². The van der Waals surface area contributed by atoms with Crippen LogP contribution < -0.4 is 5.32 Å². The van der Waals surface area contributed by atoms with Gasteiger partial charge in [-0.1, -0.05) is 0 Å². The molecule has 0 aliphatic carbocycles. The first-order valence-electron chi connectivity index (χ1n) is 6.67. The predicted octanol–water partition coefficient (Wildman–Crippen LogP) is 1.95. The lowest BCUT2D eigenvalue weighted by Crippen LogP contribution is -2.25. The van der Waals surface area contributed by atoms with Gasteiger partial charge in [0.1, 0.15) is 11.8 Å². The maximum absolute atomic E-state index is 8.87. The highest BCUT2D eigenvalue weighted by Gasteiger charge is 2.12. The molecular weight excluding hydrogens is 226 g/mol. The van der Waals surface area contributed by atoms with E-state index in [0.717, 1.165) is 26.1 Å². The lowest BCUT2D eigenvalue weighted by molar-refractivity contribution is 0.0115. The molecule has 0 aromatic carbocycles. The zero-order valence-electron chi connectivity index (χ0n) is 11.0. The minimum atomic E-state index is 0.441. The Labute approximate surface area is 109 Å². The molecule has 1 saturated heterocycles. The maximum atomic E-state index is 8.87. The van der Waals surface area contributed by atoms with Crippen LogP contribution >= 0.6 is 0 Å². The van der Waals surface area contributed by atoms with E-state index in [4.69, 9.17) is 10.00 Å². The fraction of sp³-hybridized carbons (Fsp3) is 0.643. The maximum Gasteiger partial charge on any atom is 0.120 e. The lowest BCUT2D eigenvalue weighted by atomic mass is 10.1. The quantitative estimate of drug-likeness (QED) is 0.809. The van der Waals surface area contributed by atoms with Crippen LogP contribution in [0.3, 0.4) is 0 Å². The molecule has 1 aliphatic heterocycles. The Hall–Kier alpha value is -1.31. The first-order valence-corrected chi connectivity index (χ1v) is 6.67. The number of aromatic nitrogens is 1. The minimum absolute atomic E-state index is 0.441. The van der Waals surface area contributed by atoms with Crippen molar-refractivity contribution in [1.82, 2.24) is 9.88 Å². The highest BCUT2D eigenvalue weighted by Crippen LogP contribution is 2.15. The van der Waals surface area contributed by atoms with Crippen molar-refractivity contribution in [2.24, 2.45) is 7.05 Å². The highest BCUT2D eigenvalue weighted by atomic mass is 16.5. The molecule has 1 N–H and O–H groups in total. The summed E-state index contributed by atoms with van der Waals surface area (Å²) in [6.07, 6.45) is 7.24. The van der Waals surface area contributed by atoms with Crippen LogP contribution in [0.25, 0.3) is 0 Å². The van der Waals surface area contributed by atoms with E-state index in [1.807, 2.05) is 23.9 Å².